The summed E-state index contributed by atoms with van der Waals surface area (Å²) in [5.41, 5.74) is 0.906. The number of halogens is 1. The number of fused-ring (bicyclic) bond motifs is 1. The molecule has 0 radical (unpaired) electrons. The van der Waals surface area contributed by atoms with E-state index in [0.717, 1.165) is 4.68 Å². The summed E-state index contributed by atoms with van der Waals surface area (Å²) in [5.74, 6) is -0.157. The molecule has 142 valence electrons. The molecule has 4 aromatic rings. The Kier molecular flexibility index (Phi) is 4.48. The van der Waals surface area contributed by atoms with Crippen LogP contribution < -0.4 is 10.9 Å². The van der Waals surface area contributed by atoms with Gasteiger partial charge in [0.05, 0.1) is 30.4 Å². The van der Waals surface area contributed by atoms with Crippen molar-refractivity contribution in [2.45, 2.75) is 20.0 Å². The zero-order chi connectivity index (χ0) is 19.7. The van der Waals surface area contributed by atoms with Crippen molar-refractivity contribution >= 4 is 16.8 Å². The van der Waals surface area contributed by atoms with Crippen molar-refractivity contribution in [2.75, 3.05) is 0 Å². The number of nitrogens with one attached hydrogen (secondary N) is 1. The van der Waals surface area contributed by atoms with E-state index in [4.69, 9.17) is 4.42 Å². The summed E-state index contributed by atoms with van der Waals surface area (Å²) in [5, 5.41) is 11.7. The third kappa shape index (κ3) is 3.29. The van der Waals surface area contributed by atoms with Gasteiger partial charge in [-0.25, -0.2) is 13.8 Å². The lowest BCUT2D eigenvalue weighted by molar-refractivity contribution is -0.122. The van der Waals surface area contributed by atoms with Gasteiger partial charge >= 0.3 is 0 Å². The molecule has 0 saturated heterocycles. The van der Waals surface area contributed by atoms with Crippen LogP contribution in [0.25, 0.3) is 16.6 Å². The first-order chi connectivity index (χ1) is 13.5. The van der Waals surface area contributed by atoms with Crippen molar-refractivity contribution in [3.8, 4) is 5.69 Å². The van der Waals surface area contributed by atoms with Gasteiger partial charge < -0.3 is 9.73 Å². The lowest BCUT2D eigenvalue weighted by Crippen LogP contribution is -2.34. The molecular weight excluding hydrogens is 365 g/mol. The minimum absolute atomic E-state index is 0.218. The molecular formula is C19H16FN5O3. The summed E-state index contributed by atoms with van der Waals surface area (Å²) in [6.07, 6.45) is 3.05. The summed E-state index contributed by atoms with van der Waals surface area (Å²) in [4.78, 5) is 25.2. The number of aromatic nitrogens is 4. The molecule has 1 N–H and O–H groups in total. The minimum Gasteiger partial charge on any atom is -0.467 e. The molecule has 1 amide bonds. The van der Waals surface area contributed by atoms with Crippen molar-refractivity contribution in [3.63, 3.8) is 0 Å². The summed E-state index contributed by atoms with van der Waals surface area (Å²) in [6.45, 7) is 1.70. The van der Waals surface area contributed by atoms with Crippen LogP contribution >= 0.6 is 0 Å². The predicted octanol–water partition coefficient (Wildman–Crippen LogP) is 1.94. The summed E-state index contributed by atoms with van der Waals surface area (Å²) in [7, 11) is 0. The molecule has 0 spiro atoms. The second-order valence-corrected chi connectivity index (χ2v) is 6.20. The van der Waals surface area contributed by atoms with Crippen LogP contribution in [0, 0.1) is 12.7 Å². The molecule has 0 atom stereocenters. The third-order valence-electron chi connectivity index (χ3n) is 4.27. The van der Waals surface area contributed by atoms with Gasteiger partial charge in [-0.2, -0.15) is 10.2 Å². The molecule has 0 aliphatic rings. The number of carbonyl (C=O) groups excluding carboxylic acids is 1. The minimum atomic E-state index is -0.462. The normalized spacial score (nSPS) is 11.1. The highest BCUT2D eigenvalue weighted by atomic mass is 19.1. The molecule has 8 nitrogen and oxygen atoms in total. The Labute approximate surface area is 158 Å². The Hall–Kier alpha value is -3.75. The van der Waals surface area contributed by atoms with Gasteiger partial charge in [-0.05, 0) is 43.3 Å². The van der Waals surface area contributed by atoms with Crippen molar-refractivity contribution < 1.29 is 13.6 Å². The highest BCUT2D eigenvalue weighted by Crippen LogP contribution is 2.17. The fraction of sp³-hybridized carbons (Fsp3) is 0.158. The summed E-state index contributed by atoms with van der Waals surface area (Å²) < 4.78 is 20.9. The molecule has 3 heterocycles. The number of rotatable bonds is 5. The van der Waals surface area contributed by atoms with Gasteiger partial charge in [-0.1, -0.05) is 0 Å². The van der Waals surface area contributed by atoms with Crippen molar-refractivity contribution in [1.29, 1.82) is 0 Å². The van der Waals surface area contributed by atoms with Crippen molar-refractivity contribution in [2.24, 2.45) is 0 Å². The van der Waals surface area contributed by atoms with E-state index in [-0.39, 0.29) is 30.3 Å². The fourth-order valence-corrected chi connectivity index (χ4v) is 2.90. The predicted molar refractivity (Wildman–Crippen MR) is 98.4 cm³/mol. The van der Waals surface area contributed by atoms with Crippen molar-refractivity contribution in [3.05, 3.63) is 76.5 Å². The van der Waals surface area contributed by atoms with Gasteiger partial charge in [0.15, 0.2) is 0 Å². The Morgan fingerprint density at radius 2 is 2.04 bits per heavy atom. The van der Waals surface area contributed by atoms with Gasteiger partial charge in [-0.3, -0.25) is 9.59 Å². The molecule has 1 aromatic carbocycles. The lowest BCUT2D eigenvalue weighted by atomic mass is 10.2. The number of benzene rings is 1. The Morgan fingerprint density at radius 3 is 2.75 bits per heavy atom. The lowest BCUT2D eigenvalue weighted by Gasteiger charge is -2.09. The van der Waals surface area contributed by atoms with E-state index in [0.29, 0.717) is 22.5 Å². The summed E-state index contributed by atoms with van der Waals surface area (Å²) in [6, 6.07) is 9.09. The number of furan rings is 1. The molecule has 0 fully saturated rings. The van der Waals surface area contributed by atoms with Crippen LogP contribution in [0.3, 0.4) is 0 Å². The van der Waals surface area contributed by atoms with Gasteiger partial charge in [0.2, 0.25) is 5.91 Å². The van der Waals surface area contributed by atoms with E-state index < -0.39 is 5.56 Å². The van der Waals surface area contributed by atoms with Gasteiger partial charge in [0.25, 0.3) is 5.56 Å². The number of hydrogen-bond donors (Lipinski definition) is 1. The van der Waals surface area contributed by atoms with E-state index in [1.54, 1.807) is 19.1 Å². The molecule has 28 heavy (non-hydrogen) atoms. The van der Waals surface area contributed by atoms with Crippen LogP contribution in [0.15, 0.2) is 58.1 Å². The molecule has 4 rings (SSSR count). The largest absolute Gasteiger partial charge is 0.467 e. The van der Waals surface area contributed by atoms with Crippen LogP contribution in [-0.4, -0.2) is 25.5 Å². The highest BCUT2D eigenvalue weighted by molar-refractivity contribution is 5.82. The van der Waals surface area contributed by atoms with Crippen molar-refractivity contribution in [1.82, 2.24) is 24.9 Å². The monoisotopic (exact) mass is 381 g/mol. The Bertz CT molecular complexity index is 1190. The van der Waals surface area contributed by atoms with E-state index >= 15 is 0 Å². The van der Waals surface area contributed by atoms with E-state index in [2.05, 4.69) is 15.5 Å². The van der Waals surface area contributed by atoms with Crippen LogP contribution in [0.4, 0.5) is 4.39 Å². The van der Waals surface area contributed by atoms with Crippen LogP contribution in [0.1, 0.15) is 11.5 Å². The topological polar surface area (TPSA) is 94.9 Å². The summed E-state index contributed by atoms with van der Waals surface area (Å²) >= 11 is 0. The van der Waals surface area contributed by atoms with E-state index in [9.17, 15) is 14.0 Å². The number of hydrogen-bond acceptors (Lipinski definition) is 5. The van der Waals surface area contributed by atoms with Crippen LogP contribution in [0.5, 0.6) is 0 Å². The van der Waals surface area contributed by atoms with Crippen LogP contribution in [-0.2, 0) is 17.9 Å². The van der Waals surface area contributed by atoms with E-state index in [1.165, 1.54) is 41.4 Å². The first-order valence-corrected chi connectivity index (χ1v) is 8.53. The number of aryl methyl sites for hydroxylation is 1. The number of nitrogens with zero attached hydrogens (tertiary/aromatic N) is 4. The van der Waals surface area contributed by atoms with Gasteiger partial charge in [0.1, 0.15) is 23.6 Å². The number of amides is 1. The van der Waals surface area contributed by atoms with Gasteiger partial charge in [-0.15, -0.1) is 0 Å². The molecule has 9 heteroatoms. The second kappa shape index (κ2) is 7.10. The first kappa shape index (κ1) is 17.7. The van der Waals surface area contributed by atoms with Gasteiger partial charge in [0, 0.05) is 5.39 Å². The standard InChI is InChI=1S/C19H16FN5O3/c1-12-16-10-22-25(14-6-4-13(20)5-7-14)18(16)19(27)24(23-12)11-17(26)21-9-15-3-2-8-28-15/h2-8,10H,9,11H2,1H3,(H,21,26). The zero-order valence-electron chi connectivity index (χ0n) is 14.9. The molecule has 3 aromatic heterocycles. The molecule has 0 aliphatic heterocycles. The highest BCUT2D eigenvalue weighted by Gasteiger charge is 2.16. The zero-order valence-corrected chi connectivity index (χ0v) is 14.9. The molecule has 0 unspecified atom stereocenters. The first-order valence-electron chi connectivity index (χ1n) is 8.53. The maximum atomic E-state index is 13.2. The SMILES string of the molecule is Cc1nn(CC(=O)NCc2ccco2)c(=O)c2c1cnn2-c1ccc(F)cc1. The average Bonchev–Trinajstić information content (AvgIpc) is 3.35. The smallest absolute Gasteiger partial charge is 0.293 e. The maximum absolute atomic E-state index is 13.2. The maximum Gasteiger partial charge on any atom is 0.293 e. The Balaban J connectivity index is 1.67. The van der Waals surface area contributed by atoms with E-state index in [1.807, 2.05) is 0 Å². The second-order valence-electron chi connectivity index (χ2n) is 6.20. The Morgan fingerprint density at radius 1 is 1.25 bits per heavy atom. The third-order valence-corrected chi connectivity index (χ3v) is 4.27. The quantitative estimate of drug-likeness (QED) is 0.570. The molecule has 0 bridgehead atoms. The van der Waals surface area contributed by atoms with Crippen LogP contribution in [0.2, 0.25) is 0 Å². The molecule has 0 aliphatic carbocycles. The number of carbonyl (C=O) groups is 1. The average molecular weight is 381 g/mol. The fourth-order valence-electron chi connectivity index (χ4n) is 2.90. The molecule has 0 saturated carbocycles.